The van der Waals surface area contributed by atoms with Crippen molar-refractivity contribution in [2.75, 3.05) is 11.9 Å². The first-order valence-corrected chi connectivity index (χ1v) is 13.1. The average molecular weight is 488 g/mol. The third-order valence-electron chi connectivity index (χ3n) is 8.26. The van der Waals surface area contributed by atoms with Crippen LogP contribution < -0.4 is 4.90 Å². The molecule has 0 fully saturated rings. The first kappa shape index (κ1) is 21.3. The maximum absolute atomic E-state index is 5.14. The van der Waals surface area contributed by atoms with Crippen molar-refractivity contribution >= 4 is 38.3 Å². The Kier molecular flexibility index (Phi) is 4.56. The number of benzene rings is 5. The van der Waals surface area contributed by atoms with Crippen LogP contribution in [0.2, 0.25) is 0 Å². The van der Waals surface area contributed by atoms with Gasteiger partial charge < -0.3 is 4.90 Å². The Labute approximate surface area is 221 Å². The van der Waals surface area contributed by atoms with Gasteiger partial charge in [-0.25, -0.2) is 4.98 Å². The second-order valence-corrected chi connectivity index (χ2v) is 10.3. The zero-order chi connectivity index (χ0) is 25.2. The standard InChI is InChI=1S/C35H25N3/c1-38-32-13-7-6-10-27(32)30-20-24(18-19-33(30)38)22-14-16-23(17-15-22)31-21-36-34-28-11-4-2-8-25(28)26-9-3-5-12-29(26)35(34)37-31/h2-21,27,32H,1H3. The minimum absolute atomic E-state index is 0.410. The van der Waals surface area contributed by atoms with E-state index < -0.39 is 0 Å². The van der Waals surface area contributed by atoms with E-state index in [1.807, 2.05) is 6.20 Å². The molecule has 0 bridgehead atoms. The molecule has 2 heterocycles. The number of nitrogens with zero attached hydrogens (tertiary/aromatic N) is 3. The number of rotatable bonds is 2. The molecule has 1 aliphatic carbocycles. The molecule has 1 aromatic heterocycles. The van der Waals surface area contributed by atoms with Gasteiger partial charge in [-0.3, -0.25) is 4.98 Å². The summed E-state index contributed by atoms with van der Waals surface area (Å²) in [5.41, 5.74) is 9.05. The van der Waals surface area contributed by atoms with Gasteiger partial charge in [0.1, 0.15) is 0 Å². The van der Waals surface area contributed by atoms with Crippen LogP contribution in [0.5, 0.6) is 0 Å². The lowest BCUT2D eigenvalue weighted by Crippen LogP contribution is -2.28. The van der Waals surface area contributed by atoms with E-state index in [9.17, 15) is 0 Å². The highest BCUT2D eigenvalue weighted by molar-refractivity contribution is 6.23. The Hall–Kier alpha value is -4.76. The van der Waals surface area contributed by atoms with Crippen molar-refractivity contribution in [2.24, 2.45) is 0 Å². The SMILES string of the molecule is CN1c2ccc(-c3ccc(-c4cnc5c6ccccc6c6ccccc6c5n4)cc3)cc2C2C=CC=CC21. The quantitative estimate of drug-likeness (QED) is 0.230. The van der Waals surface area contributed by atoms with Gasteiger partial charge in [-0.1, -0.05) is 103 Å². The molecule has 0 saturated heterocycles. The van der Waals surface area contributed by atoms with Crippen LogP contribution in [0.15, 0.2) is 121 Å². The molecular weight excluding hydrogens is 462 g/mol. The molecule has 0 spiro atoms. The number of fused-ring (bicyclic) bond motifs is 9. The van der Waals surface area contributed by atoms with Crippen LogP contribution in [0.1, 0.15) is 11.5 Å². The average Bonchev–Trinajstić information content (AvgIpc) is 3.28. The molecule has 5 aromatic carbocycles. The lowest BCUT2D eigenvalue weighted by Gasteiger charge is -2.23. The van der Waals surface area contributed by atoms with Crippen molar-refractivity contribution < 1.29 is 0 Å². The molecule has 38 heavy (non-hydrogen) atoms. The number of likely N-dealkylation sites (N-methyl/N-ethyl adjacent to an activating group) is 1. The fourth-order valence-corrected chi connectivity index (χ4v) is 6.33. The normalized spacial score (nSPS) is 17.9. The summed E-state index contributed by atoms with van der Waals surface area (Å²) < 4.78 is 0. The van der Waals surface area contributed by atoms with Gasteiger partial charge in [0.05, 0.1) is 29.0 Å². The maximum Gasteiger partial charge on any atom is 0.0979 e. The van der Waals surface area contributed by atoms with E-state index in [4.69, 9.17) is 9.97 Å². The first-order valence-electron chi connectivity index (χ1n) is 13.1. The summed E-state index contributed by atoms with van der Waals surface area (Å²) in [6.45, 7) is 0. The molecule has 180 valence electrons. The Morgan fingerprint density at radius 2 is 1.26 bits per heavy atom. The predicted octanol–water partition coefficient (Wildman–Crippen LogP) is 8.30. The predicted molar refractivity (Wildman–Crippen MR) is 159 cm³/mol. The third kappa shape index (κ3) is 3.08. The van der Waals surface area contributed by atoms with E-state index in [1.54, 1.807) is 0 Å². The molecule has 6 aromatic rings. The summed E-state index contributed by atoms with van der Waals surface area (Å²) in [4.78, 5) is 12.5. The van der Waals surface area contributed by atoms with Crippen LogP contribution in [-0.2, 0) is 0 Å². The molecule has 2 atom stereocenters. The van der Waals surface area contributed by atoms with Gasteiger partial charge in [-0.05, 0) is 39.6 Å². The monoisotopic (exact) mass is 487 g/mol. The van der Waals surface area contributed by atoms with Crippen LogP contribution in [0.25, 0.3) is 55.0 Å². The second kappa shape index (κ2) is 8.12. The van der Waals surface area contributed by atoms with Crippen molar-refractivity contribution in [1.82, 2.24) is 9.97 Å². The van der Waals surface area contributed by atoms with Crippen LogP contribution in [0.4, 0.5) is 5.69 Å². The highest BCUT2D eigenvalue weighted by atomic mass is 15.2. The molecule has 2 aliphatic rings. The summed E-state index contributed by atoms with van der Waals surface area (Å²) in [6, 6.07) is 33.0. The van der Waals surface area contributed by atoms with E-state index in [-0.39, 0.29) is 0 Å². The molecule has 3 heteroatoms. The van der Waals surface area contributed by atoms with Crippen molar-refractivity contribution in [1.29, 1.82) is 0 Å². The lowest BCUT2D eigenvalue weighted by molar-refractivity contribution is 0.723. The summed E-state index contributed by atoms with van der Waals surface area (Å²) in [7, 11) is 2.19. The molecule has 3 nitrogen and oxygen atoms in total. The number of hydrogen-bond donors (Lipinski definition) is 0. The second-order valence-electron chi connectivity index (χ2n) is 10.3. The van der Waals surface area contributed by atoms with Crippen LogP contribution in [0, 0.1) is 0 Å². The summed E-state index contributed by atoms with van der Waals surface area (Å²) in [5, 5.41) is 4.71. The topological polar surface area (TPSA) is 29.0 Å². The smallest absolute Gasteiger partial charge is 0.0979 e. The highest BCUT2D eigenvalue weighted by Gasteiger charge is 2.34. The number of anilines is 1. The molecule has 8 rings (SSSR count). The Balaban J connectivity index is 1.20. The minimum Gasteiger partial charge on any atom is -0.367 e. The molecular formula is C35H25N3. The summed E-state index contributed by atoms with van der Waals surface area (Å²) in [5.74, 6) is 0.415. The van der Waals surface area contributed by atoms with Crippen LogP contribution in [0.3, 0.4) is 0 Å². The van der Waals surface area contributed by atoms with E-state index in [0.29, 0.717) is 12.0 Å². The molecule has 0 amide bonds. The largest absolute Gasteiger partial charge is 0.367 e. The van der Waals surface area contributed by atoms with Crippen molar-refractivity contribution in [2.45, 2.75) is 12.0 Å². The lowest BCUT2D eigenvalue weighted by atomic mass is 9.89. The van der Waals surface area contributed by atoms with Gasteiger partial charge in [0.2, 0.25) is 0 Å². The summed E-state index contributed by atoms with van der Waals surface area (Å²) in [6.07, 6.45) is 10.9. The van der Waals surface area contributed by atoms with Gasteiger partial charge >= 0.3 is 0 Å². The molecule has 0 radical (unpaired) electrons. The Morgan fingerprint density at radius 3 is 2.03 bits per heavy atom. The van der Waals surface area contributed by atoms with Gasteiger partial charge in [-0.2, -0.15) is 0 Å². The zero-order valence-corrected chi connectivity index (χ0v) is 21.0. The van der Waals surface area contributed by atoms with E-state index in [0.717, 1.165) is 33.1 Å². The van der Waals surface area contributed by atoms with Crippen molar-refractivity contribution in [3.63, 3.8) is 0 Å². The van der Waals surface area contributed by atoms with Gasteiger partial charge in [-0.15, -0.1) is 0 Å². The molecule has 2 unspecified atom stereocenters. The van der Waals surface area contributed by atoms with Crippen LogP contribution >= 0.6 is 0 Å². The van der Waals surface area contributed by atoms with E-state index in [2.05, 4.69) is 127 Å². The summed E-state index contributed by atoms with van der Waals surface area (Å²) >= 11 is 0. The van der Waals surface area contributed by atoms with Crippen molar-refractivity contribution in [3.8, 4) is 22.4 Å². The first-order chi connectivity index (χ1) is 18.8. The van der Waals surface area contributed by atoms with Gasteiger partial charge in [0, 0.05) is 35.0 Å². The Morgan fingerprint density at radius 1 is 0.632 bits per heavy atom. The Bertz CT molecular complexity index is 1910. The van der Waals surface area contributed by atoms with Crippen molar-refractivity contribution in [3.05, 3.63) is 127 Å². The van der Waals surface area contributed by atoms with Gasteiger partial charge in [0.25, 0.3) is 0 Å². The van der Waals surface area contributed by atoms with Gasteiger partial charge in [0.15, 0.2) is 0 Å². The fourth-order valence-electron chi connectivity index (χ4n) is 6.33. The van der Waals surface area contributed by atoms with E-state index >= 15 is 0 Å². The fraction of sp³-hybridized carbons (Fsp3) is 0.0857. The molecule has 0 N–H and O–H groups in total. The molecule has 1 aliphatic heterocycles. The third-order valence-corrected chi connectivity index (χ3v) is 8.26. The number of hydrogen-bond acceptors (Lipinski definition) is 3. The number of aromatic nitrogens is 2. The maximum atomic E-state index is 5.14. The minimum atomic E-state index is 0.410. The number of allylic oxidation sites excluding steroid dienone is 2. The van der Waals surface area contributed by atoms with E-state index in [1.165, 1.54) is 33.2 Å². The zero-order valence-electron chi connectivity index (χ0n) is 21.0. The molecule has 0 saturated carbocycles. The van der Waals surface area contributed by atoms with Crippen LogP contribution in [-0.4, -0.2) is 23.1 Å². The highest BCUT2D eigenvalue weighted by Crippen LogP contribution is 2.44.